The van der Waals surface area contributed by atoms with Crippen molar-refractivity contribution < 1.29 is 14.3 Å². The first kappa shape index (κ1) is 13.7. The van der Waals surface area contributed by atoms with E-state index in [-0.39, 0.29) is 18.0 Å². The zero-order valence-corrected chi connectivity index (χ0v) is 12.3. The Morgan fingerprint density at radius 1 is 1.57 bits per heavy atom. The Hall–Kier alpha value is -2.28. The SMILES string of the molecule is CN1CC(COc2ccc3cc(C(=N)N)sc3c2)OC1=O. The van der Waals surface area contributed by atoms with Crippen molar-refractivity contribution in [2.75, 3.05) is 20.2 Å². The molecule has 1 unspecified atom stereocenters. The number of nitrogens with two attached hydrogens (primary N) is 1. The van der Waals surface area contributed by atoms with Crippen molar-refractivity contribution in [1.29, 1.82) is 5.41 Å². The minimum Gasteiger partial charge on any atom is -0.490 e. The number of cyclic esters (lactones) is 1. The molecule has 0 bridgehead atoms. The Balaban J connectivity index is 1.70. The first-order valence-corrected chi connectivity index (χ1v) is 7.27. The van der Waals surface area contributed by atoms with Gasteiger partial charge in [0.25, 0.3) is 0 Å². The van der Waals surface area contributed by atoms with Crippen molar-refractivity contribution in [3.05, 3.63) is 29.1 Å². The van der Waals surface area contributed by atoms with E-state index in [0.29, 0.717) is 18.9 Å². The predicted octanol–water partition coefficient (Wildman–Crippen LogP) is 2.01. The maximum Gasteiger partial charge on any atom is 0.410 e. The highest BCUT2D eigenvalue weighted by atomic mass is 32.1. The molecule has 1 aromatic heterocycles. The monoisotopic (exact) mass is 305 g/mol. The first-order valence-electron chi connectivity index (χ1n) is 6.45. The zero-order valence-electron chi connectivity index (χ0n) is 11.5. The molecule has 6 nitrogen and oxygen atoms in total. The molecule has 0 radical (unpaired) electrons. The van der Waals surface area contributed by atoms with E-state index < -0.39 is 0 Å². The fraction of sp³-hybridized carbons (Fsp3) is 0.286. The highest BCUT2D eigenvalue weighted by Crippen LogP contribution is 2.29. The summed E-state index contributed by atoms with van der Waals surface area (Å²) in [6.07, 6.45) is -0.558. The van der Waals surface area contributed by atoms with Crippen LogP contribution in [0.3, 0.4) is 0 Å². The number of amides is 1. The van der Waals surface area contributed by atoms with Crippen molar-refractivity contribution >= 4 is 33.4 Å². The van der Waals surface area contributed by atoms with Gasteiger partial charge in [0.05, 0.1) is 11.4 Å². The van der Waals surface area contributed by atoms with Crippen LogP contribution in [-0.2, 0) is 4.74 Å². The fourth-order valence-electron chi connectivity index (χ4n) is 2.16. The number of amidine groups is 1. The van der Waals surface area contributed by atoms with Crippen molar-refractivity contribution in [1.82, 2.24) is 4.90 Å². The van der Waals surface area contributed by atoms with Crippen molar-refractivity contribution in [3.63, 3.8) is 0 Å². The second-order valence-electron chi connectivity index (χ2n) is 4.92. The van der Waals surface area contributed by atoms with E-state index in [0.717, 1.165) is 15.0 Å². The highest BCUT2D eigenvalue weighted by molar-refractivity contribution is 7.20. The van der Waals surface area contributed by atoms with Crippen LogP contribution in [0.2, 0.25) is 0 Å². The highest BCUT2D eigenvalue weighted by Gasteiger charge is 2.28. The van der Waals surface area contributed by atoms with Gasteiger partial charge in [0, 0.05) is 11.7 Å². The summed E-state index contributed by atoms with van der Waals surface area (Å²) in [5.41, 5.74) is 5.49. The summed E-state index contributed by atoms with van der Waals surface area (Å²) in [6, 6.07) is 7.59. The summed E-state index contributed by atoms with van der Waals surface area (Å²) in [5, 5.41) is 8.49. The van der Waals surface area contributed by atoms with Gasteiger partial charge >= 0.3 is 6.09 Å². The van der Waals surface area contributed by atoms with E-state index in [9.17, 15) is 4.79 Å². The Bertz CT molecular complexity index is 713. The molecule has 3 rings (SSSR count). The quantitative estimate of drug-likeness (QED) is 0.668. The number of thiophene rings is 1. The van der Waals surface area contributed by atoms with Crippen LogP contribution < -0.4 is 10.5 Å². The smallest absolute Gasteiger partial charge is 0.410 e. The number of rotatable bonds is 4. The van der Waals surface area contributed by atoms with Gasteiger partial charge in [-0.15, -0.1) is 11.3 Å². The molecule has 110 valence electrons. The summed E-state index contributed by atoms with van der Waals surface area (Å²) < 4.78 is 11.8. The summed E-state index contributed by atoms with van der Waals surface area (Å²) in [7, 11) is 1.70. The molecule has 0 spiro atoms. The Morgan fingerprint density at radius 3 is 3.05 bits per heavy atom. The molecule has 1 aliphatic heterocycles. The molecule has 3 N–H and O–H groups in total. The molecule has 2 heterocycles. The number of fused-ring (bicyclic) bond motifs is 1. The van der Waals surface area contributed by atoms with E-state index in [2.05, 4.69) is 0 Å². The lowest BCUT2D eigenvalue weighted by Crippen LogP contribution is -2.23. The molecule has 7 heteroatoms. The van der Waals surface area contributed by atoms with E-state index in [1.807, 2.05) is 24.3 Å². The Kier molecular flexibility index (Phi) is 3.42. The topological polar surface area (TPSA) is 88.6 Å². The van der Waals surface area contributed by atoms with Gasteiger partial charge in [-0.2, -0.15) is 0 Å². The first-order chi connectivity index (χ1) is 10.0. The van der Waals surface area contributed by atoms with E-state index in [1.165, 1.54) is 16.2 Å². The molecular formula is C14H15N3O3S. The minimum absolute atomic E-state index is 0.0690. The average molecular weight is 305 g/mol. The molecule has 0 saturated carbocycles. The Morgan fingerprint density at radius 2 is 2.38 bits per heavy atom. The van der Waals surface area contributed by atoms with Crippen molar-refractivity contribution in [2.24, 2.45) is 5.73 Å². The van der Waals surface area contributed by atoms with Crippen LogP contribution in [0.25, 0.3) is 10.1 Å². The number of hydrogen-bond acceptors (Lipinski definition) is 5. The van der Waals surface area contributed by atoms with Crippen molar-refractivity contribution in [2.45, 2.75) is 6.10 Å². The van der Waals surface area contributed by atoms with Gasteiger partial charge in [0.1, 0.15) is 18.2 Å². The number of benzene rings is 1. The third-order valence-electron chi connectivity index (χ3n) is 3.25. The second kappa shape index (κ2) is 5.25. The van der Waals surface area contributed by atoms with E-state index in [1.54, 1.807) is 7.05 Å². The van der Waals surface area contributed by atoms with E-state index >= 15 is 0 Å². The second-order valence-corrected chi connectivity index (χ2v) is 6.01. The number of hydrogen-bond donors (Lipinski definition) is 2. The molecule has 1 atom stereocenters. The third kappa shape index (κ3) is 2.78. The van der Waals surface area contributed by atoms with Gasteiger partial charge in [-0.25, -0.2) is 4.79 Å². The molecule has 1 amide bonds. The summed E-state index contributed by atoms with van der Waals surface area (Å²) in [5.74, 6) is 0.782. The van der Waals surface area contributed by atoms with Crippen molar-refractivity contribution in [3.8, 4) is 5.75 Å². The molecule has 1 saturated heterocycles. The number of carbonyl (C=O) groups excluding carboxylic acids is 1. The standard InChI is InChI=1S/C14H15N3O3S/c1-17-6-10(20-14(17)18)7-19-9-3-2-8-4-12(13(15)16)21-11(8)5-9/h2-5,10H,6-7H2,1H3,(H3,15,16). The number of nitrogen functional groups attached to an aromatic ring is 1. The molecule has 1 aromatic carbocycles. The maximum absolute atomic E-state index is 11.3. The number of nitrogens with one attached hydrogen (secondary N) is 1. The average Bonchev–Trinajstić information content (AvgIpc) is 3.00. The van der Waals surface area contributed by atoms with Crippen LogP contribution in [0, 0.1) is 5.41 Å². The van der Waals surface area contributed by atoms with Gasteiger partial charge in [0.15, 0.2) is 6.10 Å². The zero-order chi connectivity index (χ0) is 15.0. The van der Waals surface area contributed by atoms with E-state index in [4.69, 9.17) is 20.6 Å². The molecule has 1 aliphatic rings. The maximum atomic E-state index is 11.3. The summed E-state index contributed by atoms with van der Waals surface area (Å²) >= 11 is 1.46. The molecule has 2 aromatic rings. The van der Waals surface area contributed by atoms with Gasteiger partial charge in [-0.05, 0) is 29.7 Å². The number of ether oxygens (including phenoxy) is 2. The lowest BCUT2D eigenvalue weighted by atomic mass is 10.2. The van der Waals surface area contributed by atoms with Crippen LogP contribution in [0.5, 0.6) is 5.75 Å². The number of likely N-dealkylation sites (N-methyl/N-ethyl adjacent to an activating group) is 1. The largest absolute Gasteiger partial charge is 0.490 e. The number of nitrogens with zero attached hydrogens (tertiary/aromatic N) is 1. The fourth-order valence-corrected chi connectivity index (χ4v) is 3.11. The van der Waals surface area contributed by atoms with Crippen LogP contribution in [-0.4, -0.2) is 43.1 Å². The molecule has 1 fully saturated rings. The van der Waals surface area contributed by atoms with Gasteiger partial charge in [-0.3, -0.25) is 5.41 Å². The number of carbonyl (C=O) groups is 1. The summed E-state index contributed by atoms with van der Waals surface area (Å²) in [4.78, 5) is 13.5. The lowest BCUT2D eigenvalue weighted by Gasteiger charge is -2.10. The minimum atomic E-state index is -0.316. The molecule has 21 heavy (non-hydrogen) atoms. The van der Waals surface area contributed by atoms with Gasteiger partial charge < -0.3 is 20.1 Å². The third-order valence-corrected chi connectivity index (χ3v) is 4.38. The lowest BCUT2D eigenvalue weighted by molar-refractivity contribution is 0.103. The van der Waals surface area contributed by atoms with Gasteiger partial charge in [-0.1, -0.05) is 0 Å². The van der Waals surface area contributed by atoms with Crippen LogP contribution in [0.1, 0.15) is 4.88 Å². The van der Waals surface area contributed by atoms with Crippen LogP contribution in [0.15, 0.2) is 24.3 Å². The molecular weight excluding hydrogens is 290 g/mol. The molecule has 0 aliphatic carbocycles. The predicted molar refractivity (Wildman–Crippen MR) is 81.2 cm³/mol. The normalized spacial score (nSPS) is 18.0. The van der Waals surface area contributed by atoms with Gasteiger partial charge in [0.2, 0.25) is 0 Å². The van der Waals surface area contributed by atoms with Crippen LogP contribution in [0.4, 0.5) is 4.79 Å². The summed E-state index contributed by atoms with van der Waals surface area (Å²) in [6.45, 7) is 0.862. The van der Waals surface area contributed by atoms with Crippen LogP contribution >= 0.6 is 11.3 Å². The Labute approximate surface area is 125 Å².